The summed E-state index contributed by atoms with van der Waals surface area (Å²) in [5.74, 6) is -1.11. The lowest BCUT2D eigenvalue weighted by molar-refractivity contribution is -0.129. The van der Waals surface area contributed by atoms with Gasteiger partial charge in [0.15, 0.2) is 0 Å². The molecule has 1 aromatic rings. The molecule has 0 aromatic heterocycles. The lowest BCUT2D eigenvalue weighted by Crippen LogP contribution is -2.49. The van der Waals surface area contributed by atoms with E-state index in [0.29, 0.717) is 16.7 Å². The molecule has 2 atom stereocenters. The summed E-state index contributed by atoms with van der Waals surface area (Å²) in [5, 5.41) is 11.2. The summed E-state index contributed by atoms with van der Waals surface area (Å²) in [6.45, 7) is 3.30. The highest BCUT2D eigenvalue weighted by molar-refractivity contribution is 5.94. The molecule has 0 bridgehead atoms. The van der Waals surface area contributed by atoms with Gasteiger partial charge >= 0.3 is 0 Å². The number of nitrogens with one attached hydrogen (secondary N) is 3. The molecule has 10 nitrogen and oxygen atoms in total. The van der Waals surface area contributed by atoms with Gasteiger partial charge in [0, 0.05) is 24.1 Å². The van der Waals surface area contributed by atoms with E-state index in [1.807, 2.05) is 0 Å². The van der Waals surface area contributed by atoms with Crippen LogP contribution in [0.5, 0.6) is 0 Å². The fourth-order valence-corrected chi connectivity index (χ4v) is 2.10. The molecule has 5 N–H and O–H groups in total. The molecule has 0 heterocycles. The van der Waals surface area contributed by atoms with Crippen LogP contribution in [0.4, 0.5) is 0 Å². The summed E-state index contributed by atoms with van der Waals surface area (Å²) in [6, 6.07) is 3.51. The number of hydrogen-bond donors (Lipinski definition) is 4. The molecular weight excluding hydrogens is 338 g/mol. The van der Waals surface area contributed by atoms with E-state index in [4.69, 9.17) is 11.3 Å². The standard InChI is InChI=1S/C16H23N7O3/c1-9(17)14(24)22-10(2)15(25)20-7-11-4-12(8-21-23-18)6-13(5-11)16(26)19-3/h4-6,9-10H,7-8,17H2,1-3H3,(H,19,26)(H,20,25)(H,22,24)/t9-,10-/m1/s1. The lowest BCUT2D eigenvalue weighted by atomic mass is 10.0. The second-order valence-electron chi connectivity index (χ2n) is 5.74. The fourth-order valence-electron chi connectivity index (χ4n) is 2.10. The van der Waals surface area contributed by atoms with Gasteiger partial charge in [-0.3, -0.25) is 14.4 Å². The average molecular weight is 361 g/mol. The Balaban J connectivity index is 2.84. The first-order valence-electron chi connectivity index (χ1n) is 7.98. The van der Waals surface area contributed by atoms with Crippen LogP contribution in [0.3, 0.4) is 0 Å². The quantitative estimate of drug-likeness (QED) is 0.298. The Morgan fingerprint density at radius 1 is 1.19 bits per heavy atom. The van der Waals surface area contributed by atoms with Gasteiger partial charge in [-0.15, -0.1) is 0 Å². The Morgan fingerprint density at radius 2 is 1.85 bits per heavy atom. The molecule has 0 radical (unpaired) electrons. The molecule has 0 unspecified atom stereocenters. The van der Waals surface area contributed by atoms with E-state index < -0.39 is 18.0 Å². The van der Waals surface area contributed by atoms with Crippen molar-refractivity contribution in [1.29, 1.82) is 0 Å². The van der Waals surface area contributed by atoms with E-state index in [0.717, 1.165) is 0 Å². The van der Waals surface area contributed by atoms with Crippen molar-refractivity contribution in [3.63, 3.8) is 0 Å². The predicted molar refractivity (Wildman–Crippen MR) is 95.8 cm³/mol. The van der Waals surface area contributed by atoms with Gasteiger partial charge in [-0.2, -0.15) is 0 Å². The van der Waals surface area contributed by atoms with E-state index in [1.165, 1.54) is 14.0 Å². The van der Waals surface area contributed by atoms with Crippen LogP contribution in [0.1, 0.15) is 35.3 Å². The van der Waals surface area contributed by atoms with Crippen molar-refractivity contribution in [3.8, 4) is 0 Å². The molecule has 140 valence electrons. The van der Waals surface area contributed by atoms with Gasteiger partial charge in [-0.25, -0.2) is 0 Å². The van der Waals surface area contributed by atoms with Crippen molar-refractivity contribution in [2.75, 3.05) is 7.05 Å². The van der Waals surface area contributed by atoms with Gasteiger partial charge < -0.3 is 21.7 Å². The van der Waals surface area contributed by atoms with Crippen LogP contribution in [-0.4, -0.2) is 36.9 Å². The Morgan fingerprint density at radius 3 is 2.42 bits per heavy atom. The predicted octanol–water partition coefficient (Wildman–Crippen LogP) is 0.325. The smallest absolute Gasteiger partial charge is 0.251 e. The molecule has 26 heavy (non-hydrogen) atoms. The highest BCUT2D eigenvalue weighted by Crippen LogP contribution is 2.12. The van der Waals surface area contributed by atoms with Crippen LogP contribution in [0, 0.1) is 0 Å². The van der Waals surface area contributed by atoms with E-state index in [9.17, 15) is 14.4 Å². The molecule has 0 saturated heterocycles. The van der Waals surface area contributed by atoms with Crippen molar-refractivity contribution < 1.29 is 14.4 Å². The summed E-state index contributed by atoms with van der Waals surface area (Å²) >= 11 is 0. The van der Waals surface area contributed by atoms with Crippen LogP contribution in [0.2, 0.25) is 0 Å². The number of carbonyl (C=O) groups is 3. The minimum atomic E-state index is -0.752. The Kier molecular flexibility index (Phi) is 8.07. The number of azide groups is 1. The molecular formula is C16H23N7O3. The van der Waals surface area contributed by atoms with E-state index >= 15 is 0 Å². The van der Waals surface area contributed by atoms with Crippen molar-refractivity contribution in [2.24, 2.45) is 10.8 Å². The van der Waals surface area contributed by atoms with Gasteiger partial charge in [-0.1, -0.05) is 11.2 Å². The highest BCUT2D eigenvalue weighted by Gasteiger charge is 2.17. The number of nitrogens with two attached hydrogens (primary N) is 1. The van der Waals surface area contributed by atoms with Crippen LogP contribution in [0.15, 0.2) is 23.3 Å². The van der Waals surface area contributed by atoms with Crippen molar-refractivity contribution in [1.82, 2.24) is 16.0 Å². The van der Waals surface area contributed by atoms with Gasteiger partial charge in [0.1, 0.15) is 6.04 Å². The fraction of sp³-hybridized carbons (Fsp3) is 0.438. The number of rotatable bonds is 8. The maximum atomic E-state index is 12.1. The largest absolute Gasteiger partial charge is 0.355 e. The molecule has 0 aliphatic rings. The molecule has 0 fully saturated rings. The van der Waals surface area contributed by atoms with Crippen molar-refractivity contribution in [3.05, 3.63) is 45.3 Å². The summed E-state index contributed by atoms with van der Waals surface area (Å²) in [6.07, 6.45) is 0. The van der Waals surface area contributed by atoms with Gasteiger partial charge in [0.2, 0.25) is 11.8 Å². The maximum Gasteiger partial charge on any atom is 0.251 e. The number of nitrogens with zero attached hydrogens (tertiary/aromatic N) is 3. The first-order valence-corrected chi connectivity index (χ1v) is 7.98. The van der Waals surface area contributed by atoms with Gasteiger partial charge in [0.25, 0.3) is 5.91 Å². The first-order chi connectivity index (χ1) is 12.3. The van der Waals surface area contributed by atoms with Crippen LogP contribution < -0.4 is 21.7 Å². The Labute approximate surface area is 151 Å². The number of carbonyl (C=O) groups excluding carboxylic acids is 3. The molecule has 0 aliphatic heterocycles. The highest BCUT2D eigenvalue weighted by atomic mass is 16.2. The number of hydrogen-bond acceptors (Lipinski definition) is 5. The monoisotopic (exact) mass is 361 g/mol. The van der Waals surface area contributed by atoms with Crippen molar-refractivity contribution >= 4 is 17.7 Å². The normalized spacial score (nSPS) is 12.3. The second-order valence-corrected chi connectivity index (χ2v) is 5.74. The summed E-state index contributed by atoms with van der Waals surface area (Å²) in [7, 11) is 1.51. The maximum absolute atomic E-state index is 12.1. The summed E-state index contributed by atoms with van der Waals surface area (Å²) < 4.78 is 0. The topological polar surface area (TPSA) is 162 Å². The zero-order chi connectivity index (χ0) is 19.7. The SMILES string of the molecule is CNC(=O)c1cc(CN=[N+]=[N-])cc(CNC(=O)[C@@H](C)NC(=O)[C@@H](C)N)c1. The summed E-state index contributed by atoms with van der Waals surface area (Å²) in [4.78, 5) is 38.2. The third-order valence-electron chi connectivity index (χ3n) is 3.49. The van der Waals surface area contributed by atoms with E-state index in [2.05, 4.69) is 26.0 Å². The van der Waals surface area contributed by atoms with Crippen molar-refractivity contribution in [2.45, 2.75) is 39.0 Å². The summed E-state index contributed by atoms with van der Waals surface area (Å²) in [5.41, 5.74) is 15.6. The van der Waals surface area contributed by atoms with Gasteiger partial charge in [-0.05, 0) is 42.6 Å². The van der Waals surface area contributed by atoms with Crippen LogP contribution >= 0.6 is 0 Å². The first kappa shape index (κ1) is 20.9. The molecule has 1 rings (SSSR count). The Hall–Kier alpha value is -3.10. The molecule has 0 saturated carbocycles. The third-order valence-corrected chi connectivity index (χ3v) is 3.49. The molecule has 0 spiro atoms. The minimum Gasteiger partial charge on any atom is -0.355 e. The number of amides is 3. The molecule has 3 amide bonds. The minimum absolute atomic E-state index is 0.0864. The van der Waals surface area contributed by atoms with Gasteiger partial charge in [0.05, 0.1) is 12.6 Å². The number of benzene rings is 1. The van der Waals surface area contributed by atoms with Crippen LogP contribution in [-0.2, 0) is 22.7 Å². The van der Waals surface area contributed by atoms with Crippen LogP contribution in [0.25, 0.3) is 10.4 Å². The lowest BCUT2D eigenvalue weighted by Gasteiger charge is -2.16. The zero-order valence-corrected chi connectivity index (χ0v) is 14.9. The third kappa shape index (κ3) is 6.42. The molecule has 1 aromatic carbocycles. The van der Waals surface area contributed by atoms with E-state index in [1.54, 1.807) is 25.1 Å². The average Bonchev–Trinajstić information content (AvgIpc) is 2.63. The molecule has 0 aliphatic carbocycles. The molecule has 10 heteroatoms. The second kappa shape index (κ2) is 10.0. The Bertz CT molecular complexity index is 727. The zero-order valence-electron chi connectivity index (χ0n) is 14.9. The van der Waals surface area contributed by atoms with E-state index in [-0.39, 0.29) is 24.9 Å².